The average molecular weight is 369 g/mol. The molecule has 3 N–H and O–H groups in total. The Morgan fingerprint density at radius 1 is 1.40 bits per heavy atom. The van der Waals surface area contributed by atoms with Gasteiger partial charge in [-0.05, 0) is 40.9 Å². The molecule has 1 aromatic carbocycles. The predicted octanol–water partition coefficient (Wildman–Crippen LogP) is 2.27. The summed E-state index contributed by atoms with van der Waals surface area (Å²) in [6.45, 7) is 3.38. The van der Waals surface area contributed by atoms with Gasteiger partial charge in [0, 0.05) is 19.8 Å². The SMILES string of the molecule is CCCOCCCNS(=O)(=O)c1cc(Br)c(F)cc1N. The van der Waals surface area contributed by atoms with Crippen molar-refractivity contribution in [3.8, 4) is 0 Å². The summed E-state index contributed by atoms with van der Waals surface area (Å²) in [4.78, 5) is -0.139. The highest BCUT2D eigenvalue weighted by atomic mass is 79.9. The van der Waals surface area contributed by atoms with Gasteiger partial charge in [-0.1, -0.05) is 6.92 Å². The molecule has 1 aromatic rings. The maximum atomic E-state index is 13.2. The summed E-state index contributed by atoms with van der Waals surface area (Å²) < 4.78 is 45.0. The van der Waals surface area contributed by atoms with Crippen LogP contribution in [0, 0.1) is 5.82 Å². The van der Waals surface area contributed by atoms with Crippen molar-refractivity contribution < 1.29 is 17.5 Å². The van der Waals surface area contributed by atoms with Gasteiger partial charge in [0.2, 0.25) is 10.0 Å². The number of rotatable bonds is 8. The Balaban J connectivity index is 2.63. The Kier molecular flexibility index (Phi) is 6.87. The lowest BCUT2D eigenvalue weighted by atomic mass is 10.3. The van der Waals surface area contributed by atoms with Crippen LogP contribution in [0.2, 0.25) is 0 Å². The number of hydrogen-bond acceptors (Lipinski definition) is 4. The van der Waals surface area contributed by atoms with Gasteiger partial charge in [-0.25, -0.2) is 17.5 Å². The van der Waals surface area contributed by atoms with Gasteiger partial charge in [-0.2, -0.15) is 0 Å². The van der Waals surface area contributed by atoms with Crippen molar-refractivity contribution in [2.75, 3.05) is 25.5 Å². The van der Waals surface area contributed by atoms with Crippen LogP contribution in [-0.4, -0.2) is 28.2 Å². The van der Waals surface area contributed by atoms with Gasteiger partial charge in [0.15, 0.2) is 0 Å². The van der Waals surface area contributed by atoms with E-state index in [1.165, 1.54) is 0 Å². The summed E-state index contributed by atoms with van der Waals surface area (Å²) in [5.74, 6) is -0.602. The van der Waals surface area contributed by atoms with Crippen molar-refractivity contribution in [1.82, 2.24) is 4.72 Å². The monoisotopic (exact) mass is 368 g/mol. The molecule has 0 aromatic heterocycles. The van der Waals surface area contributed by atoms with Gasteiger partial charge in [0.25, 0.3) is 0 Å². The molecule has 0 fully saturated rings. The molecule has 0 heterocycles. The van der Waals surface area contributed by atoms with E-state index in [-0.39, 0.29) is 21.6 Å². The van der Waals surface area contributed by atoms with Crippen LogP contribution in [0.5, 0.6) is 0 Å². The number of halogens is 2. The number of nitrogens with two attached hydrogens (primary N) is 1. The Bertz CT molecular complexity index is 552. The normalized spacial score (nSPS) is 11.8. The number of sulfonamides is 1. The summed E-state index contributed by atoms with van der Waals surface area (Å²) in [7, 11) is -3.75. The zero-order valence-electron chi connectivity index (χ0n) is 11.2. The first-order chi connectivity index (χ1) is 9.38. The van der Waals surface area contributed by atoms with Crippen molar-refractivity contribution in [3.63, 3.8) is 0 Å². The van der Waals surface area contributed by atoms with Gasteiger partial charge >= 0.3 is 0 Å². The predicted molar refractivity (Wildman–Crippen MR) is 79.4 cm³/mol. The van der Waals surface area contributed by atoms with Crippen LogP contribution in [0.3, 0.4) is 0 Å². The third-order valence-electron chi connectivity index (χ3n) is 2.45. The molecular weight excluding hydrogens is 351 g/mol. The molecule has 0 radical (unpaired) electrons. The van der Waals surface area contributed by atoms with E-state index in [4.69, 9.17) is 10.5 Å². The van der Waals surface area contributed by atoms with E-state index >= 15 is 0 Å². The lowest BCUT2D eigenvalue weighted by molar-refractivity contribution is 0.133. The summed E-state index contributed by atoms with van der Waals surface area (Å²) in [6, 6.07) is 2.13. The summed E-state index contributed by atoms with van der Waals surface area (Å²) >= 11 is 2.94. The molecule has 0 spiro atoms. The Hall–Kier alpha value is -0.700. The third kappa shape index (κ3) is 5.01. The van der Waals surface area contributed by atoms with E-state index < -0.39 is 15.8 Å². The van der Waals surface area contributed by atoms with E-state index in [1.807, 2.05) is 6.92 Å². The van der Waals surface area contributed by atoms with Gasteiger partial charge in [-0.3, -0.25) is 0 Å². The average Bonchev–Trinajstić information content (AvgIpc) is 2.37. The van der Waals surface area contributed by atoms with Gasteiger partial charge in [-0.15, -0.1) is 0 Å². The first kappa shape index (κ1) is 17.4. The molecule has 114 valence electrons. The number of ether oxygens (including phenoxy) is 1. The minimum Gasteiger partial charge on any atom is -0.398 e. The highest BCUT2D eigenvalue weighted by molar-refractivity contribution is 9.10. The zero-order valence-corrected chi connectivity index (χ0v) is 13.6. The fraction of sp³-hybridized carbons (Fsp3) is 0.500. The quantitative estimate of drug-likeness (QED) is 0.544. The van der Waals surface area contributed by atoms with Crippen LogP contribution in [0.1, 0.15) is 19.8 Å². The number of anilines is 1. The van der Waals surface area contributed by atoms with E-state index in [0.29, 0.717) is 19.6 Å². The fourth-order valence-corrected chi connectivity index (χ4v) is 3.19. The maximum absolute atomic E-state index is 13.2. The molecule has 20 heavy (non-hydrogen) atoms. The minimum absolute atomic E-state index is 0.0540. The molecule has 0 unspecified atom stereocenters. The summed E-state index contributed by atoms with van der Waals surface area (Å²) in [5, 5.41) is 0. The molecule has 0 saturated heterocycles. The van der Waals surface area contributed by atoms with Crippen molar-refractivity contribution in [2.45, 2.75) is 24.7 Å². The van der Waals surface area contributed by atoms with Crippen molar-refractivity contribution in [3.05, 3.63) is 22.4 Å². The minimum atomic E-state index is -3.75. The Morgan fingerprint density at radius 3 is 2.75 bits per heavy atom. The fourth-order valence-electron chi connectivity index (χ4n) is 1.48. The number of benzene rings is 1. The lowest BCUT2D eigenvalue weighted by Gasteiger charge is -2.10. The highest BCUT2D eigenvalue weighted by Gasteiger charge is 2.19. The van der Waals surface area contributed by atoms with Crippen molar-refractivity contribution >= 4 is 31.6 Å². The second-order valence-corrected chi connectivity index (χ2v) is 6.76. The Labute approximate surface area is 126 Å². The van der Waals surface area contributed by atoms with Gasteiger partial charge in [0.1, 0.15) is 10.7 Å². The molecular formula is C12H18BrFN2O3S. The smallest absolute Gasteiger partial charge is 0.242 e. The van der Waals surface area contributed by atoms with Crippen LogP contribution < -0.4 is 10.5 Å². The van der Waals surface area contributed by atoms with Crippen LogP contribution in [0.15, 0.2) is 21.5 Å². The maximum Gasteiger partial charge on any atom is 0.242 e. The first-order valence-corrected chi connectivity index (χ1v) is 8.48. The molecule has 5 nitrogen and oxygen atoms in total. The standard InChI is InChI=1S/C12H18BrFN2O3S/c1-2-5-19-6-3-4-16-20(17,18)12-7-9(13)10(14)8-11(12)15/h7-8,16H,2-6,15H2,1H3. The van der Waals surface area contributed by atoms with E-state index in [0.717, 1.165) is 18.6 Å². The second kappa shape index (κ2) is 7.92. The van der Waals surface area contributed by atoms with E-state index in [2.05, 4.69) is 20.7 Å². The number of nitrogen functional groups attached to an aromatic ring is 1. The van der Waals surface area contributed by atoms with Gasteiger partial charge in [0.05, 0.1) is 10.2 Å². The van der Waals surface area contributed by atoms with E-state index in [9.17, 15) is 12.8 Å². The molecule has 0 aliphatic heterocycles. The first-order valence-electron chi connectivity index (χ1n) is 6.20. The second-order valence-electron chi connectivity index (χ2n) is 4.17. The molecule has 0 bridgehead atoms. The largest absolute Gasteiger partial charge is 0.398 e. The van der Waals surface area contributed by atoms with Crippen LogP contribution in [0.25, 0.3) is 0 Å². The van der Waals surface area contributed by atoms with Crippen LogP contribution in [0.4, 0.5) is 10.1 Å². The summed E-state index contributed by atoms with van der Waals surface area (Å²) in [5.41, 5.74) is 5.42. The molecule has 1 rings (SSSR count). The zero-order chi connectivity index (χ0) is 15.2. The highest BCUT2D eigenvalue weighted by Crippen LogP contribution is 2.25. The molecule has 0 amide bonds. The molecule has 0 aliphatic rings. The Morgan fingerprint density at radius 2 is 2.10 bits per heavy atom. The lowest BCUT2D eigenvalue weighted by Crippen LogP contribution is -2.26. The molecule has 0 aliphatic carbocycles. The molecule has 0 atom stereocenters. The third-order valence-corrected chi connectivity index (χ3v) is 4.57. The van der Waals surface area contributed by atoms with Crippen molar-refractivity contribution in [1.29, 1.82) is 0 Å². The van der Waals surface area contributed by atoms with Gasteiger partial charge < -0.3 is 10.5 Å². The van der Waals surface area contributed by atoms with Crippen molar-refractivity contribution in [2.24, 2.45) is 0 Å². The summed E-state index contributed by atoms with van der Waals surface area (Å²) in [6.07, 6.45) is 1.48. The van der Waals surface area contributed by atoms with E-state index in [1.54, 1.807) is 0 Å². The number of nitrogens with one attached hydrogen (secondary N) is 1. The van der Waals surface area contributed by atoms with Crippen LogP contribution >= 0.6 is 15.9 Å². The molecule has 8 heteroatoms. The van der Waals surface area contributed by atoms with Crippen LogP contribution in [-0.2, 0) is 14.8 Å². The topological polar surface area (TPSA) is 81.4 Å². The molecule has 0 saturated carbocycles. The number of hydrogen-bond donors (Lipinski definition) is 2.